The summed E-state index contributed by atoms with van der Waals surface area (Å²) in [5.41, 5.74) is 0.320. The topological polar surface area (TPSA) is 26.3 Å². The Morgan fingerprint density at radius 2 is 1.80 bits per heavy atom. The van der Waals surface area contributed by atoms with Crippen LogP contribution in [0.2, 0.25) is 0 Å². The van der Waals surface area contributed by atoms with Gasteiger partial charge in [0, 0.05) is 0 Å². The maximum absolute atomic E-state index is 11.7. The molecule has 2 heteroatoms. The molecule has 3 aliphatic rings. The largest absolute Gasteiger partial charge is 0.463 e. The van der Waals surface area contributed by atoms with Crippen molar-refractivity contribution >= 4 is 5.97 Å². The van der Waals surface area contributed by atoms with Gasteiger partial charge in [-0.2, -0.15) is 0 Å². The first-order valence-corrected chi connectivity index (χ1v) is 6.29. The van der Waals surface area contributed by atoms with Crippen LogP contribution in [-0.2, 0) is 9.53 Å². The summed E-state index contributed by atoms with van der Waals surface area (Å²) in [5.74, 6) is 0.985. The zero-order valence-corrected chi connectivity index (χ0v) is 9.92. The van der Waals surface area contributed by atoms with Crippen LogP contribution in [0.5, 0.6) is 0 Å². The van der Waals surface area contributed by atoms with Gasteiger partial charge in [0.15, 0.2) is 0 Å². The van der Waals surface area contributed by atoms with Crippen molar-refractivity contribution in [2.75, 3.05) is 0 Å². The highest BCUT2D eigenvalue weighted by Crippen LogP contribution is 2.52. The number of rotatable bonds is 3. The van der Waals surface area contributed by atoms with Crippen molar-refractivity contribution in [2.24, 2.45) is 11.3 Å². The third-order valence-corrected chi connectivity index (χ3v) is 4.14. The average Bonchev–Trinajstić information content (AvgIpc) is 2.18. The van der Waals surface area contributed by atoms with Crippen LogP contribution in [0.25, 0.3) is 0 Å². The number of fused-ring (bicyclic) bond motifs is 3. The maximum Gasteiger partial charge on any atom is 0.306 e. The van der Waals surface area contributed by atoms with Crippen molar-refractivity contribution in [1.82, 2.24) is 0 Å². The lowest BCUT2D eigenvalue weighted by Gasteiger charge is -2.46. The molecule has 3 rings (SSSR count). The van der Waals surface area contributed by atoms with Crippen LogP contribution >= 0.6 is 0 Å². The van der Waals surface area contributed by atoms with Crippen LogP contribution < -0.4 is 0 Å². The average molecular weight is 210 g/mol. The number of hydrogen-bond acceptors (Lipinski definition) is 2. The van der Waals surface area contributed by atoms with E-state index in [1.54, 1.807) is 0 Å². The molecule has 0 aromatic rings. The smallest absolute Gasteiger partial charge is 0.306 e. The van der Waals surface area contributed by atoms with Crippen LogP contribution in [0.4, 0.5) is 0 Å². The summed E-state index contributed by atoms with van der Waals surface area (Å²) in [6.07, 6.45) is 8.49. The summed E-state index contributed by atoms with van der Waals surface area (Å²) in [7, 11) is 0. The van der Waals surface area contributed by atoms with Gasteiger partial charge in [0.1, 0.15) is 0 Å². The molecule has 3 aliphatic carbocycles. The van der Waals surface area contributed by atoms with E-state index in [4.69, 9.17) is 4.74 Å². The first-order valence-electron chi connectivity index (χ1n) is 6.29. The van der Waals surface area contributed by atoms with Gasteiger partial charge in [-0.15, -0.1) is 0 Å². The molecule has 0 heterocycles. The van der Waals surface area contributed by atoms with Gasteiger partial charge >= 0.3 is 5.97 Å². The molecule has 0 unspecified atom stereocenters. The van der Waals surface area contributed by atoms with E-state index in [9.17, 15) is 4.79 Å². The molecule has 15 heavy (non-hydrogen) atoms. The molecule has 2 bridgehead atoms. The highest BCUT2D eigenvalue weighted by molar-refractivity contribution is 5.70. The molecule has 0 atom stereocenters. The summed E-state index contributed by atoms with van der Waals surface area (Å²) in [6, 6.07) is 0. The second kappa shape index (κ2) is 4.15. The quantitative estimate of drug-likeness (QED) is 0.668. The molecule has 0 aromatic carbocycles. The van der Waals surface area contributed by atoms with Crippen molar-refractivity contribution in [3.05, 3.63) is 0 Å². The fourth-order valence-corrected chi connectivity index (χ4v) is 3.21. The Balaban J connectivity index is 1.89. The van der Waals surface area contributed by atoms with Gasteiger partial charge in [-0.05, 0) is 63.7 Å². The summed E-state index contributed by atoms with van der Waals surface area (Å²) in [4.78, 5) is 11.7. The normalized spacial score (nSPS) is 34.5. The van der Waals surface area contributed by atoms with Gasteiger partial charge in [-0.25, -0.2) is 0 Å². The second-order valence-corrected chi connectivity index (χ2v) is 5.70. The lowest BCUT2D eigenvalue weighted by molar-refractivity contribution is -0.152. The molecule has 3 saturated carbocycles. The third kappa shape index (κ3) is 2.53. The Morgan fingerprint density at radius 3 is 2.27 bits per heavy atom. The number of carbonyl (C=O) groups excluding carboxylic acids is 1. The van der Waals surface area contributed by atoms with E-state index < -0.39 is 0 Å². The summed E-state index contributed by atoms with van der Waals surface area (Å²) < 4.78 is 5.26. The minimum Gasteiger partial charge on any atom is -0.463 e. The van der Waals surface area contributed by atoms with Crippen molar-refractivity contribution in [1.29, 1.82) is 0 Å². The molecule has 0 amide bonds. The SMILES string of the molecule is CC(C)OC(=O)CC12CCC(CC1)CC2. The highest BCUT2D eigenvalue weighted by Gasteiger charge is 2.41. The van der Waals surface area contributed by atoms with Gasteiger partial charge in [0.05, 0.1) is 12.5 Å². The molecule has 86 valence electrons. The second-order valence-electron chi connectivity index (χ2n) is 5.70. The number of carbonyl (C=O) groups is 1. The molecular weight excluding hydrogens is 188 g/mol. The number of hydrogen-bond donors (Lipinski definition) is 0. The minimum atomic E-state index is 0.0188. The van der Waals surface area contributed by atoms with Crippen molar-refractivity contribution < 1.29 is 9.53 Å². The number of esters is 1. The van der Waals surface area contributed by atoms with E-state index in [0.717, 1.165) is 5.92 Å². The van der Waals surface area contributed by atoms with Crippen LogP contribution in [0.15, 0.2) is 0 Å². The van der Waals surface area contributed by atoms with Gasteiger partial charge in [-0.1, -0.05) is 0 Å². The standard InChI is InChI=1S/C13H22O2/c1-10(2)15-12(14)9-13-6-3-11(4-7-13)5-8-13/h10-11H,3-9H2,1-2H3. The lowest BCUT2D eigenvalue weighted by Crippen LogP contribution is -2.36. The van der Waals surface area contributed by atoms with E-state index >= 15 is 0 Å². The molecular formula is C13H22O2. The zero-order valence-electron chi connectivity index (χ0n) is 9.92. The maximum atomic E-state index is 11.7. The Bertz CT molecular complexity index is 223. The minimum absolute atomic E-state index is 0.0188. The Kier molecular flexibility index (Phi) is 3.03. The molecule has 0 spiro atoms. The third-order valence-electron chi connectivity index (χ3n) is 4.14. The van der Waals surface area contributed by atoms with Crippen molar-refractivity contribution in [2.45, 2.75) is 64.9 Å². The Labute approximate surface area is 92.4 Å². The Morgan fingerprint density at radius 1 is 1.27 bits per heavy atom. The van der Waals surface area contributed by atoms with Crippen molar-refractivity contribution in [3.8, 4) is 0 Å². The Hall–Kier alpha value is -0.530. The predicted molar refractivity (Wildman–Crippen MR) is 59.5 cm³/mol. The number of ether oxygens (including phenoxy) is 1. The van der Waals surface area contributed by atoms with Crippen LogP contribution in [-0.4, -0.2) is 12.1 Å². The fraction of sp³-hybridized carbons (Fsp3) is 0.923. The van der Waals surface area contributed by atoms with E-state index in [1.165, 1.54) is 38.5 Å². The van der Waals surface area contributed by atoms with Gasteiger partial charge in [-0.3, -0.25) is 4.79 Å². The van der Waals surface area contributed by atoms with E-state index in [0.29, 0.717) is 11.8 Å². The van der Waals surface area contributed by atoms with Gasteiger partial charge in [0.25, 0.3) is 0 Å². The fourth-order valence-electron chi connectivity index (χ4n) is 3.21. The summed E-state index contributed by atoms with van der Waals surface area (Å²) >= 11 is 0. The van der Waals surface area contributed by atoms with Crippen molar-refractivity contribution in [3.63, 3.8) is 0 Å². The van der Waals surface area contributed by atoms with E-state index in [-0.39, 0.29) is 12.1 Å². The zero-order chi connectivity index (χ0) is 10.9. The first-order chi connectivity index (χ1) is 7.10. The molecule has 0 N–H and O–H groups in total. The van der Waals surface area contributed by atoms with Crippen LogP contribution in [0, 0.1) is 11.3 Å². The predicted octanol–water partition coefficient (Wildman–Crippen LogP) is 3.30. The van der Waals surface area contributed by atoms with Crippen LogP contribution in [0.3, 0.4) is 0 Å². The van der Waals surface area contributed by atoms with E-state index in [1.807, 2.05) is 13.8 Å². The molecule has 0 aliphatic heterocycles. The van der Waals surface area contributed by atoms with Crippen LogP contribution in [0.1, 0.15) is 58.8 Å². The van der Waals surface area contributed by atoms with E-state index in [2.05, 4.69) is 0 Å². The summed E-state index contributed by atoms with van der Waals surface area (Å²) in [5, 5.41) is 0. The summed E-state index contributed by atoms with van der Waals surface area (Å²) in [6.45, 7) is 3.85. The molecule has 0 aromatic heterocycles. The highest BCUT2D eigenvalue weighted by atomic mass is 16.5. The molecule has 0 radical (unpaired) electrons. The van der Waals surface area contributed by atoms with Gasteiger partial charge < -0.3 is 4.74 Å². The first kappa shape index (κ1) is 11.0. The monoisotopic (exact) mass is 210 g/mol. The molecule has 0 saturated heterocycles. The lowest BCUT2D eigenvalue weighted by atomic mass is 9.59. The molecule has 3 fully saturated rings. The van der Waals surface area contributed by atoms with Gasteiger partial charge in [0.2, 0.25) is 0 Å². The molecule has 2 nitrogen and oxygen atoms in total.